The molecule has 0 bridgehead atoms. The molecule has 0 aliphatic carbocycles. The van der Waals surface area contributed by atoms with Gasteiger partial charge in [0.05, 0.1) is 29.6 Å². The van der Waals surface area contributed by atoms with E-state index in [2.05, 4.69) is 16.0 Å². The van der Waals surface area contributed by atoms with Gasteiger partial charge in [0, 0.05) is 6.54 Å². The van der Waals surface area contributed by atoms with Crippen LogP contribution in [0.5, 0.6) is 0 Å². The lowest BCUT2D eigenvalue weighted by Gasteiger charge is -2.27. The van der Waals surface area contributed by atoms with Crippen LogP contribution in [0.2, 0.25) is 0 Å². The van der Waals surface area contributed by atoms with E-state index in [1.807, 2.05) is 32.9 Å². The summed E-state index contributed by atoms with van der Waals surface area (Å²) < 4.78 is 5.51. The number of nitrogens with zero attached hydrogens (tertiary/aromatic N) is 3. The third kappa shape index (κ3) is 3.82. The van der Waals surface area contributed by atoms with Crippen LogP contribution >= 0.6 is 0 Å². The monoisotopic (exact) mass is 338 g/mol. The van der Waals surface area contributed by atoms with E-state index in [4.69, 9.17) is 10.00 Å². The lowest BCUT2D eigenvalue weighted by Crippen LogP contribution is -2.36. The molecular formula is C19H22N4O2. The van der Waals surface area contributed by atoms with Gasteiger partial charge in [0.25, 0.3) is 0 Å². The maximum atomic E-state index is 12.4. The minimum Gasteiger partial charge on any atom is -0.444 e. The van der Waals surface area contributed by atoms with Gasteiger partial charge in [-0.15, -0.1) is 0 Å². The van der Waals surface area contributed by atoms with Crippen LogP contribution in [0.15, 0.2) is 30.5 Å². The van der Waals surface area contributed by atoms with Crippen LogP contribution in [-0.4, -0.2) is 33.1 Å². The first-order chi connectivity index (χ1) is 11.9. The van der Waals surface area contributed by atoms with Crippen molar-refractivity contribution in [3.8, 4) is 17.3 Å². The largest absolute Gasteiger partial charge is 0.444 e. The SMILES string of the molecule is CC(C)(C)OC(=O)N1CCCC1c1ncc(-c2ccc(C#N)cc2)[nH]1. The Bertz CT molecular complexity index is 796. The quantitative estimate of drug-likeness (QED) is 0.896. The number of amides is 1. The molecule has 0 spiro atoms. The zero-order valence-electron chi connectivity index (χ0n) is 14.7. The summed E-state index contributed by atoms with van der Waals surface area (Å²) in [6.45, 7) is 6.27. The minimum absolute atomic E-state index is 0.0954. The Morgan fingerprint density at radius 1 is 1.36 bits per heavy atom. The highest BCUT2D eigenvalue weighted by molar-refractivity contribution is 5.69. The fourth-order valence-corrected chi connectivity index (χ4v) is 2.97. The van der Waals surface area contributed by atoms with Crippen molar-refractivity contribution in [1.82, 2.24) is 14.9 Å². The van der Waals surface area contributed by atoms with Crippen molar-refractivity contribution in [1.29, 1.82) is 5.26 Å². The topological polar surface area (TPSA) is 82.0 Å². The standard InChI is InChI=1S/C19H22N4O2/c1-19(2,3)25-18(24)23-10-4-5-16(23)17-21-12-15(22-17)14-8-6-13(11-20)7-9-14/h6-9,12,16H,4-5,10H2,1-3H3,(H,21,22). The number of ether oxygens (including phenoxy) is 1. The Hall–Kier alpha value is -2.81. The molecule has 2 aromatic rings. The normalized spacial score (nSPS) is 17.4. The van der Waals surface area contributed by atoms with Crippen molar-refractivity contribution in [3.05, 3.63) is 41.9 Å². The summed E-state index contributed by atoms with van der Waals surface area (Å²) in [5, 5.41) is 8.89. The second kappa shape index (κ2) is 6.60. The summed E-state index contributed by atoms with van der Waals surface area (Å²) >= 11 is 0. The third-order valence-corrected chi connectivity index (χ3v) is 4.12. The Kier molecular flexibility index (Phi) is 4.49. The minimum atomic E-state index is -0.513. The predicted molar refractivity (Wildman–Crippen MR) is 93.7 cm³/mol. The molecule has 6 nitrogen and oxygen atoms in total. The van der Waals surface area contributed by atoms with E-state index in [1.54, 1.807) is 23.2 Å². The maximum Gasteiger partial charge on any atom is 0.410 e. The molecule has 0 radical (unpaired) electrons. The number of H-pyrrole nitrogens is 1. The van der Waals surface area contributed by atoms with E-state index < -0.39 is 5.60 Å². The van der Waals surface area contributed by atoms with Gasteiger partial charge in [-0.25, -0.2) is 9.78 Å². The van der Waals surface area contributed by atoms with Crippen molar-refractivity contribution in [2.45, 2.75) is 45.3 Å². The van der Waals surface area contributed by atoms with E-state index in [-0.39, 0.29) is 12.1 Å². The molecule has 1 unspecified atom stereocenters. The first-order valence-corrected chi connectivity index (χ1v) is 8.42. The molecule has 1 amide bonds. The highest BCUT2D eigenvalue weighted by atomic mass is 16.6. The van der Waals surface area contributed by atoms with Crippen molar-refractivity contribution in [2.24, 2.45) is 0 Å². The van der Waals surface area contributed by atoms with Gasteiger partial charge >= 0.3 is 6.09 Å². The maximum absolute atomic E-state index is 12.4. The van der Waals surface area contributed by atoms with Crippen LogP contribution in [0.25, 0.3) is 11.3 Å². The zero-order valence-corrected chi connectivity index (χ0v) is 14.7. The van der Waals surface area contributed by atoms with Gasteiger partial charge < -0.3 is 9.72 Å². The molecule has 1 atom stereocenters. The third-order valence-electron chi connectivity index (χ3n) is 4.12. The molecule has 1 N–H and O–H groups in total. The summed E-state index contributed by atoms with van der Waals surface area (Å²) in [5.41, 5.74) is 1.94. The fourth-order valence-electron chi connectivity index (χ4n) is 2.97. The van der Waals surface area contributed by atoms with E-state index in [1.165, 1.54) is 0 Å². The summed E-state index contributed by atoms with van der Waals surface area (Å²) in [5.74, 6) is 0.766. The van der Waals surface area contributed by atoms with Crippen molar-refractivity contribution < 1.29 is 9.53 Å². The average Bonchev–Trinajstić information content (AvgIpc) is 3.22. The number of likely N-dealkylation sites (tertiary alicyclic amines) is 1. The second-order valence-electron chi connectivity index (χ2n) is 7.20. The van der Waals surface area contributed by atoms with E-state index in [0.717, 1.165) is 29.9 Å². The highest BCUT2D eigenvalue weighted by Crippen LogP contribution is 2.32. The molecule has 1 aliphatic rings. The number of imidazole rings is 1. The summed E-state index contributed by atoms with van der Waals surface area (Å²) in [6.07, 6.45) is 3.25. The summed E-state index contributed by atoms with van der Waals surface area (Å²) in [4.78, 5) is 22.0. The number of hydrogen-bond donors (Lipinski definition) is 1. The van der Waals surface area contributed by atoms with Crippen LogP contribution < -0.4 is 0 Å². The van der Waals surface area contributed by atoms with Gasteiger partial charge in [0.15, 0.2) is 0 Å². The Morgan fingerprint density at radius 2 is 2.08 bits per heavy atom. The first-order valence-electron chi connectivity index (χ1n) is 8.42. The summed E-state index contributed by atoms with van der Waals surface area (Å²) in [7, 11) is 0. The van der Waals surface area contributed by atoms with Crippen molar-refractivity contribution in [3.63, 3.8) is 0 Å². The van der Waals surface area contributed by atoms with Gasteiger partial charge in [-0.05, 0) is 51.3 Å². The Morgan fingerprint density at radius 3 is 2.72 bits per heavy atom. The van der Waals surface area contributed by atoms with Crippen LogP contribution in [0.3, 0.4) is 0 Å². The Balaban J connectivity index is 1.78. The van der Waals surface area contributed by atoms with E-state index in [0.29, 0.717) is 12.1 Å². The van der Waals surface area contributed by atoms with Crippen LogP contribution in [0, 0.1) is 11.3 Å². The number of nitrogens with one attached hydrogen (secondary N) is 1. The molecule has 2 heterocycles. The number of carbonyl (C=O) groups excluding carboxylic acids is 1. The average molecular weight is 338 g/mol. The number of nitriles is 1. The number of aromatic amines is 1. The number of rotatable bonds is 2. The number of aromatic nitrogens is 2. The van der Waals surface area contributed by atoms with Crippen LogP contribution in [0.4, 0.5) is 4.79 Å². The molecule has 1 aliphatic heterocycles. The zero-order chi connectivity index (χ0) is 18.0. The summed E-state index contributed by atoms with van der Waals surface area (Å²) in [6, 6.07) is 9.34. The van der Waals surface area contributed by atoms with Crippen LogP contribution in [-0.2, 0) is 4.74 Å². The van der Waals surface area contributed by atoms with Crippen LogP contribution in [0.1, 0.15) is 51.0 Å². The van der Waals surface area contributed by atoms with Crippen molar-refractivity contribution >= 4 is 6.09 Å². The first kappa shape index (κ1) is 17.0. The van der Waals surface area contributed by atoms with Gasteiger partial charge in [-0.3, -0.25) is 4.90 Å². The Labute approximate surface area is 147 Å². The lowest BCUT2D eigenvalue weighted by molar-refractivity contribution is 0.0219. The number of benzene rings is 1. The molecule has 3 rings (SSSR count). The molecule has 0 saturated carbocycles. The molecule has 1 fully saturated rings. The molecular weight excluding hydrogens is 316 g/mol. The van der Waals surface area contributed by atoms with Crippen molar-refractivity contribution in [2.75, 3.05) is 6.54 Å². The predicted octanol–water partition coefficient (Wildman–Crippen LogP) is 4.02. The molecule has 130 valence electrons. The van der Waals surface area contributed by atoms with E-state index in [9.17, 15) is 4.79 Å². The van der Waals surface area contributed by atoms with Gasteiger partial charge in [-0.1, -0.05) is 12.1 Å². The molecule has 1 aromatic heterocycles. The van der Waals surface area contributed by atoms with Gasteiger partial charge in [0.1, 0.15) is 11.4 Å². The van der Waals surface area contributed by atoms with E-state index >= 15 is 0 Å². The van der Waals surface area contributed by atoms with Gasteiger partial charge in [-0.2, -0.15) is 5.26 Å². The molecule has 6 heteroatoms. The molecule has 1 saturated heterocycles. The van der Waals surface area contributed by atoms with Gasteiger partial charge in [0.2, 0.25) is 0 Å². The smallest absolute Gasteiger partial charge is 0.410 e. The highest BCUT2D eigenvalue weighted by Gasteiger charge is 2.34. The molecule has 25 heavy (non-hydrogen) atoms. The molecule has 1 aromatic carbocycles. The second-order valence-corrected chi connectivity index (χ2v) is 7.20. The fraction of sp³-hybridized carbons (Fsp3) is 0.421. The number of hydrogen-bond acceptors (Lipinski definition) is 4. The number of carbonyl (C=O) groups is 1. The lowest BCUT2D eigenvalue weighted by atomic mass is 10.1.